The highest BCUT2D eigenvalue weighted by Gasteiger charge is 2.31. The third kappa shape index (κ3) is 4.12. The Kier molecular flexibility index (Phi) is 6.03. The Labute approximate surface area is 168 Å². The molecule has 26 heavy (non-hydrogen) atoms. The first-order chi connectivity index (χ1) is 12.3. The van der Waals surface area contributed by atoms with Crippen molar-refractivity contribution in [1.82, 2.24) is 9.21 Å². The van der Waals surface area contributed by atoms with Gasteiger partial charge in [-0.2, -0.15) is 4.31 Å². The van der Waals surface area contributed by atoms with Crippen LogP contribution in [0.5, 0.6) is 0 Å². The maximum Gasteiger partial charge on any atom is 0.252 e. The number of amides is 1. The van der Waals surface area contributed by atoms with E-state index in [-0.39, 0.29) is 53.3 Å². The zero-order valence-electron chi connectivity index (χ0n) is 13.5. The summed E-state index contributed by atoms with van der Waals surface area (Å²) in [6.07, 6.45) is -0.143. The van der Waals surface area contributed by atoms with Crippen LogP contribution >= 0.6 is 38.9 Å². The van der Waals surface area contributed by atoms with Gasteiger partial charge in [0.25, 0.3) is 10.0 Å². The van der Waals surface area contributed by atoms with Crippen LogP contribution in [0.2, 0.25) is 5.02 Å². The molecule has 0 aliphatic carbocycles. The lowest BCUT2D eigenvalue weighted by Crippen LogP contribution is -2.50. The fourth-order valence-electron chi connectivity index (χ4n) is 2.71. The fourth-order valence-corrected chi connectivity index (χ4v) is 6.52. The number of carbonyl (C=O) groups excluding carboxylic acids is 1. The molecule has 0 N–H and O–H groups in total. The topological polar surface area (TPSA) is 57.7 Å². The second-order valence-corrected chi connectivity index (χ2v) is 10.8. The van der Waals surface area contributed by atoms with Crippen LogP contribution in [0.1, 0.15) is 5.56 Å². The number of hydrogen-bond acceptors (Lipinski definition) is 4. The number of rotatable bonds is 4. The van der Waals surface area contributed by atoms with Crippen molar-refractivity contribution in [2.75, 3.05) is 26.2 Å². The molecule has 0 atom stereocenters. The zero-order valence-corrected chi connectivity index (χ0v) is 17.5. The average Bonchev–Trinajstić information content (AvgIpc) is 3.05. The van der Waals surface area contributed by atoms with Crippen LogP contribution in [0, 0.1) is 5.82 Å². The standard InChI is InChI=1S/C16H15BrClFN2O3S2/c17-14-4-5-16(25-14)26(23,24)21-8-6-20(7-9-21)15(22)10-11-12(18)2-1-3-13(11)19/h1-5H,6-10H2. The molecule has 1 fully saturated rings. The Morgan fingerprint density at radius 2 is 1.88 bits per heavy atom. The van der Waals surface area contributed by atoms with E-state index < -0.39 is 15.8 Å². The highest BCUT2D eigenvalue weighted by Crippen LogP contribution is 2.29. The van der Waals surface area contributed by atoms with Crippen LogP contribution in [0.3, 0.4) is 0 Å². The molecule has 2 heterocycles. The van der Waals surface area contributed by atoms with Gasteiger partial charge < -0.3 is 4.90 Å². The summed E-state index contributed by atoms with van der Waals surface area (Å²) in [5.74, 6) is -0.789. The molecule has 1 aliphatic heterocycles. The zero-order chi connectivity index (χ0) is 18.9. The van der Waals surface area contributed by atoms with Crippen LogP contribution < -0.4 is 0 Å². The molecular formula is C16H15BrClFN2O3S2. The molecule has 1 aromatic heterocycles. The third-order valence-electron chi connectivity index (χ3n) is 4.12. The van der Waals surface area contributed by atoms with Crippen LogP contribution in [0.4, 0.5) is 4.39 Å². The first-order valence-electron chi connectivity index (χ1n) is 7.75. The van der Waals surface area contributed by atoms with Gasteiger partial charge in [-0.15, -0.1) is 11.3 Å². The maximum absolute atomic E-state index is 13.8. The van der Waals surface area contributed by atoms with E-state index in [1.54, 1.807) is 17.0 Å². The lowest BCUT2D eigenvalue weighted by atomic mass is 10.1. The molecule has 1 aromatic carbocycles. The molecule has 140 valence electrons. The molecule has 1 aliphatic rings. The monoisotopic (exact) mass is 480 g/mol. The Hall–Kier alpha value is -1.000. The predicted octanol–water partition coefficient (Wildman–Crippen LogP) is 3.38. The molecule has 0 saturated carbocycles. The van der Waals surface area contributed by atoms with Gasteiger partial charge in [0, 0.05) is 36.8 Å². The Morgan fingerprint density at radius 3 is 2.46 bits per heavy atom. The molecule has 3 rings (SSSR count). The molecule has 0 bridgehead atoms. The number of halogens is 3. The maximum atomic E-state index is 13.8. The van der Waals surface area contributed by atoms with Crippen molar-refractivity contribution in [3.8, 4) is 0 Å². The molecule has 1 saturated heterocycles. The number of sulfonamides is 1. The van der Waals surface area contributed by atoms with Gasteiger partial charge in [0.15, 0.2) is 0 Å². The summed E-state index contributed by atoms with van der Waals surface area (Å²) in [5, 5.41) is 0.211. The number of hydrogen-bond donors (Lipinski definition) is 0. The summed E-state index contributed by atoms with van der Waals surface area (Å²) in [6.45, 7) is 0.927. The van der Waals surface area contributed by atoms with Crippen molar-refractivity contribution in [2.24, 2.45) is 0 Å². The van der Waals surface area contributed by atoms with Crippen LogP contribution in [-0.4, -0.2) is 49.7 Å². The smallest absolute Gasteiger partial charge is 0.252 e. The van der Waals surface area contributed by atoms with Gasteiger partial charge in [-0.05, 0) is 40.2 Å². The second-order valence-electron chi connectivity index (χ2n) is 5.72. The number of benzene rings is 1. The largest absolute Gasteiger partial charge is 0.340 e. The van der Waals surface area contributed by atoms with Crippen LogP contribution in [-0.2, 0) is 21.2 Å². The molecule has 0 unspecified atom stereocenters. The number of nitrogens with zero attached hydrogens (tertiary/aromatic N) is 2. The molecular weight excluding hydrogens is 467 g/mol. The van der Waals surface area contributed by atoms with E-state index in [1.165, 1.54) is 22.5 Å². The lowest BCUT2D eigenvalue weighted by Gasteiger charge is -2.33. The minimum atomic E-state index is -3.56. The normalized spacial score (nSPS) is 16.0. The molecule has 10 heteroatoms. The molecule has 0 radical (unpaired) electrons. The summed E-state index contributed by atoms with van der Waals surface area (Å²) >= 11 is 10.4. The average molecular weight is 482 g/mol. The van der Waals surface area contributed by atoms with E-state index in [9.17, 15) is 17.6 Å². The number of piperazine rings is 1. The van der Waals surface area contributed by atoms with E-state index in [0.29, 0.717) is 0 Å². The van der Waals surface area contributed by atoms with E-state index in [0.717, 1.165) is 15.1 Å². The summed E-state index contributed by atoms with van der Waals surface area (Å²) in [6, 6.07) is 7.53. The Balaban J connectivity index is 1.64. The Morgan fingerprint density at radius 1 is 1.19 bits per heavy atom. The van der Waals surface area contributed by atoms with Gasteiger partial charge in [-0.3, -0.25) is 4.79 Å². The van der Waals surface area contributed by atoms with Crippen LogP contribution in [0.25, 0.3) is 0 Å². The highest BCUT2D eigenvalue weighted by atomic mass is 79.9. The van der Waals surface area contributed by atoms with Crippen molar-refractivity contribution in [3.63, 3.8) is 0 Å². The van der Waals surface area contributed by atoms with Gasteiger partial charge in [-0.1, -0.05) is 17.7 Å². The molecule has 5 nitrogen and oxygen atoms in total. The Bertz CT molecular complexity index is 907. The second kappa shape index (κ2) is 7.93. The predicted molar refractivity (Wildman–Crippen MR) is 102 cm³/mol. The minimum Gasteiger partial charge on any atom is -0.340 e. The van der Waals surface area contributed by atoms with E-state index in [4.69, 9.17) is 11.6 Å². The molecule has 1 amide bonds. The van der Waals surface area contributed by atoms with Crippen molar-refractivity contribution >= 4 is 54.8 Å². The lowest BCUT2D eigenvalue weighted by molar-refractivity contribution is -0.131. The van der Waals surface area contributed by atoms with Crippen molar-refractivity contribution < 1.29 is 17.6 Å². The summed E-state index contributed by atoms with van der Waals surface area (Å²) < 4.78 is 41.4. The number of thiophene rings is 1. The van der Waals surface area contributed by atoms with Gasteiger partial charge >= 0.3 is 0 Å². The van der Waals surface area contributed by atoms with Gasteiger partial charge in [0.2, 0.25) is 5.91 Å². The van der Waals surface area contributed by atoms with Crippen LogP contribution in [0.15, 0.2) is 38.3 Å². The quantitative estimate of drug-likeness (QED) is 0.673. The van der Waals surface area contributed by atoms with Gasteiger partial charge in [-0.25, -0.2) is 12.8 Å². The van der Waals surface area contributed by atoms with Crippen molar-refractivity contribution in [1.29, 1.82) is 0 Å². The molecule has 0 spiro atoms. The summed E-state index contributed by atoms with van der Waals surface area (Å²) in [4.78, 5) is 14.0. The highest BCUT2D eigenvalue weighted by molar-refractivity contribution is 9.11. The van der Waals surface area contributed by atoms with E-state index >= 15 is 0 Å². The first kappa shape index (κ1) is 19.8. The third-order valence-corrected chi connectivity index (χ3v) is 8.47. The number of carbonyl (C=O) groups is 1. The van der Waals surface area contributed by atoms with Crippen molar-refractivity contribution in [2.45, 2.75) is 10.6 Å². The fraction of sp³-hybridized carbons (Fsp3) is 0.312. The van der Waals surface area contributed by atoms with E-state index in [1.807, 2.05) is 0 Å². The summed E-state index contributed by atoms with van der Waals surface area (Å²) in [5.41, 5.74) is 0.164. The SMILES string of the molecule is O=C(Cc1c(F)cccc1Cl)N1CCN(S(=O)(=O)c2ccc(Br)s2)CC1. The minimum absolute atomic E-state index is 0.143. The molecule has 2 aromatic rings. The van der Waals surface area contributed by atoms with Gasteiger partial charge in [0.05, 0.1) is 10.2 Å². The van der Waals surface area contributed by atoms with Gasteiger partial charge in [0.1, 0.15) is 10.0 Å². The van der Waals surface area contributed by atoms with E-state index in [2.05, 4.69) is 15.9 Å². The summed E-state index contributed by atoms with van der Waals surface area (Å²) in [7, 11) is -3.56. The van der Waals surface area contributed by atoms with Crippen molar-refractivity contribution in [3.05, 3.63) is 50.5 Å². The first-order valence-corrected chi connectivity index (χ1v) is 11.2.